The van der Waals surface area contributed by atoms with E-state index in [9.17, 15) is 9.59 Å². The van der Waals surface area contributed by atoms with Gasteiger partial charge in [0.2, 0.25) is 5.91 Å². The Morgan fingerprint density at radius 3 is 2.67 bits per heavy atom. The van der Waals surface area contributed by atoms with Crippen LogP contribution in [0.2, 0.25) is 0 Å². The molecule has 0 saturated carbocycles. The summed E-state index contributed by atoms with van der Waals surface area (Å²) in [7, 11) is 0. The van der Waals surface area contributed by atoms with E-state index in [-0.39, 0.29) is 24.2 Å². The Labute approximate surface area is 166 Å². The van der Waals surface area contributed by atoms with Crippen molar-refractivity contribution in [2.75, 3.05) is 11.1 Å². The monoisotopic (exact) mass is 400 g/mol. The molecule has 0 fully saturated rings. The van der Waals surface area contributed by atoms with Gasteiger partial charge in [-0.25, -0.2) is 4.98 Å². The molecule has 0 unspecified atom stereocenters. The van der Waals surface area contributed by atoms with Crippen LogP contribution in [0.25, 0.3) is 10.2 Å². The van der Waals surface area contributed by atoms with Gasteiger partial charge >= 0.3 is 5.97 Å². The second kappa shape index (κ2) is 9.01. The number of carbonyl (C=O) groups is 2. The number of aromatic nitrogens is 1. The van der Waals surface area contributed by atoms with E-state index in [2.05, 4.69) is 10.3 Å². The summed E-state index contributed by atoms with van der Waals surface area (Å²) in [5.74, 6) is -0.303. The fourth-order valence-electron chi connectivity index (χ4n) is 2.33. The number of esters is 1. The highest BCUT2D eigenvalue weighted by Gasteiger charge is 2.17. The smallest absolute Gasteiger partial charge is 0.319 e. The maximum atomic E-state index is 12.1. The molecule has 7 heteroatoms. The van der Waals surface area contributed by atoms with Gasteiger partial charge in [-0.1, -0.05) is 29.8 Å². The van der Waals surface area contributed by atoms with Crippen LogP contribution in [0.5, 0.6) is 0 Å². The van der Waals surface area contributed by atoms with Crippen molar-refractivity contribution in [1.29, 1.82) is 0 Å². The number of benzene rings is 2. The van der Waals surface area contributed by atoms with E-state index >= 15 is 0 Å². The number of ether oxygens (including phenoxy) is 1. The molecule has 0 aliphatic heterocycles. The number of carbonyl (C=O) groups excluding carboxylic acids is 2. The van der Waals surface area contributed by atoms with E-state index in [1.807, 2.05) is 55.5 Å². The number of hydrogen-bond donors (Lipinski definition) is 1. The van der Waals surface area contributed by atoms with Crippen molar-refractivity contribution >= 4 is 50.9 Å². The molecule has 1 aromatic heterocycles. The van der Waals surface area contributed by atoms with Crippen LogP contribution >= 0.6 is 23.1 Å². The van der Waals surface area contributed by atoms with Crippen molar-refractivity contribution in [1.82, 2.24) is 4.98 Å². The molecule has 0 aliphatic rings. The molecular weight excluding hydrogens is 380 g/mol. The molecule has 0 spiro atoms. The number of nitrogens with one attached hydrogen (secondary N) is 1. The standard InChI is InChI=1S/C20H20N2O3S2/c1-13-7-9-15(10-8-13)21-18(23)12-26-14(2)20(24)25-11-19-22-16-5-3-4-6-17(16)27-19/h3-10,14H,11-12H2,1-2H3,(H,21,23)/t14-/m0/s1. The van der Waals surface area contributed by atoms with E-state index in [1.54, 1.807) is 6.92 Å². The van der Waals surface area contributed by atoms with Gasteiger partial charge in [0.05, 0.1) is 16.0 Å². The van der Waals surface area contributed by atoms with Crippen molar-refractivity contribution in [2.45, 2.75) is 25.7 Å². The SMILES string of the molecule is Cc1ccc(NC(=O)CS[C@@H](C)C(=O)OCc2nc3ccccc3s2)cc1. The van der Waals surface area contributed by atoms with Gasteiger partial charge in [-0.2, -0.15) is 0 Å². The third-order valence-corrected chi connectivity index (χ3v) is 5.94. The molecule has 2 aromatic carbocycles. The van der Waals surface area contributed by atoms with Gasteiger partial charge in [0.15, 0.2) is 0 Å². The third kappa shape index (κ3) is 5.55. The number of rotatable bonds is 7. The summed E-state index contributed by atoms with van der Waals surface area (Å²) in [5.41, 5.74) is 2.79. The topological polar surface area (TPSA) is 68.3 Å². The maximum Gasteiger partial charge on any atom is 0.319 e. The fraction of sp³-hybridized carbons (Fsp3) is 0.250. The minimum absolute atomic E-state index is 0.144. The van der Waals surface area contributed by atoms with E-state index < -0.39 is 5.25 Å². The van der Waals surface area contributed by atoms with Crippen molar-refractivity contribution in [3.8, 4) is 0 Å². The number of fused-ring (bicyclic) bond motifs is 1. The molecule has 0 saturated heterocycles. The highest BCUT2D eigenvalue weighted by molar-refractivity contribution is 8.01. The first-order valence-electron chi connectivity index (χ1n) is 8.50. The number of hydrogen-bond acceptors (Lipinski definition) is 6. The quantitative estimate of drug-likeness (QED) is 0.595. The summed E-state index contributed by atoms with van der Waals surface area (Å²) in [6, 6.07) is 15.4. The summed E-state index contributed by atoms with van der Waals surface area (Å²) in [5, 5.41) is 3.15. The van der Waals surface area contributed by atoms with Gasteiger partial charge in [0.25, 0.3) is 0 Å². The minimum atomic E-state index is -0.428. The number of anilines is 1. The lowest BCUT2D eigenvalue weighted by atomic mass is 10.2. The number of thiazole rings is 1. The first-order valence-corrected chi connectivity index (χ1v) is 10.4. The van der Waals surface area contributed by atoms with E-state index in [4.69, 9.17) is 4.74 Å². The van der Waals surface area contributed by atoms with Crippen LogP contribution in [0.4, 0.5) is 5.69 Å². The molecule has 1 amide bonds. The predicted octanol–water partition coefficient (Wildman–Crippen LogP) is 4.41. The molecule has 1 atom stereocenters. The Bertz CT molecular complexity index is 905. The Balaban J connectivity index is 1.43. The minimum Gasteiger partial charge on any atom is -0.457 e. The zero-order chi connectivity index (χ0) is 19.2. The lowest BCUT2D eigenvalue weighted by Gasteiger charge is -2.11. The van der Waals surface area contributed by atoms with Crippen LogP contribution in [0, 0.1) is 6.92 Å². The van der Waals surface area contributed by atoms with Crippen LogP contribution in [-0.2, 0) is 20.9 Å². The Morgan fingerprint density at radius 2 is 1.93 bits per heavy atom. The lowest BCUT2D eigenvalue weighted by molar-refractivity contribution is -0.143. The molecule has 5 nitrogen and oxygen atoms in total. The molecule has 0 aliphatic carbocycles. The molecule has 140 valence electrons. The number of amides is 1. The first-order chi connectivity index (χ1) is 13.0. The predicted molar refractivity (Wildman–Crippen MR) is 111 cm³/mol. The Morgan fingerprint density at radius 1 is 1.19 bits per heavy atom. The normalized spacial score (nSPS) is 11.9. The Hall–Kier alpha value is -2.38. The number of para-hydroxylation sites is 1. The fourth-order valence-corrected chi connectivity index (χ4v) is 3.89. The zero-order valence-corrected chi connectivity index (χ0v) is 16.7. The van der Waals surface area contributed by atoms with Crippen LogP contribution in [0.3, 0.4) is 0 Å². The Kier molecular flexibility index (Phi) is 6.47. The third-order valence-electron chi connectivity index (χ3n) is 3.81. The van der Waals surface area contributed by atoms with Gasteiger partial charge in [-0.15, -0.1) is 23.1 Å². The summed E-state index contributed by atoms with van der Waals surface area (Å²) >= 11 is 2.76. The van der Waals surface area contributed by atoms with Gasteiger partial charge < -0.3 is 10.1 Å². The molecule has 0 radical (unpaired) electrons. The first kappa shape index (κ1) is 19.4. The molecular formula is C20H20N2O3S2. The second-order valence-electron chi connectivity index (χ2n) is 6.05. The number of aryl methyl sites for hydroxylation is 1. The van der Waals surface area contributed by atoms with E-state index in [0.29, 0.717) is 0 Å². The van der Waals surface area contributed by atoms with Crippen molar-refractivity contribution in [2.24, 2.45) is 0 Å². The lowest BCUT2D eigenvalue weighted by Crippen LogP contribution is -2.21. The largest absolute Gasteiger partial charge is 0.457 e. The molecule has 0 bridgehead atoms. The zero-order valence-electron chi connectivity index (χ0n) is 15.1. The summed E-state index contributed by atoms with van der Waals surface area (Å²) in [6.45, 7) is 3.88. The summed E-state index contributed by atoms with van der Waals surface area (Å²) < 4.78 is 6.41. The average molecular weight is 401 g/mol. The van der Waals surface area contributed by atoms with Crippen LogP contribution in [0.15, 0.2) is 48.5 Å². The second-order valence-corrected chi connectivity index (χ2v) is 8.49. The van der Waals surface area contributed by atoms with Crippen molar-refractivity contribution in [3.05, 3.63) is 59.1 Å². The number of nitrogens with zero attached hydrogens (tertiary/aromatic N) is 1. The average Bonchev–Trinajstić information content (AvgIpc) is 3.09. The van der Waals surface area contributed by atoms with Gasteiger partial charge in [-0.05, 0) is 38.1 Å². The summed E-state index contributed by atoms with van der Waals surface area (Å²) in [6.07, 6.45) is 0. The molecule has 1 N–H and O–H groups in total. The van der Waals surface area contributed by atoms with Gasteiger partial charge in [0.1, 0.15) is 16.9 Å². The van der Waals surface area contributed by atoms with E-state index in [0.717, 1.165) is 26.5 Å². The van der Waals surface area contributed by atoms with Crippen LogP contribution in [-0.4, -0.2) is 27.9 Å². The van der Waals surface area contributed by atoms with Crippen LogP contribution in [0.1, 0.15) is 17.5 Å². The van der Waals surface area contributed by atoms with Crippen molar-refractivity contribution in [3.63, 3.8) is 0 Å². The molecule has 3 rings (SSSR count). The molecule has 3 aromatic rings. The highest BCUT2D eigenvalue weighted by Crippen LogP contribution is 2.22. The van der Waals surface area contributed by atoms with E-state index in [1.165, 1.54) is 23.1 Å². The molecule has 27 heavy (non-hydrogen) atoms. The molecule has 1 heterocycles. The van der Waals surface area contributed by atoms with Gasteiger partial charge in [0, 0.05) is 5.69 Å². The van der Waals surface area contributed by atoms with Crippen LogP contribution < -0.4 is 5.32 Å². The van der Waals surface area contributed by atoms with Gasteiger partial charge in [-0.3, -0.25) is 9.59 Å². The highest BCUT2D eigenvalue weighted by atomic mass is 32.2. The number of thioether (sulfide) groups is 1. The van der Waals surface area contributed by atoms with Crippen molar-refractivity contribution < 1.29 is 14.3 Å². The maximum absolute atomic E-state index is 12.1. The summed E-state index contributed by atoms with van der Waals surface area (Å²) in [4.78, 5) is 28.6.